The third-order valence-corrected chi connectivity index (χ3v) is 2.97. The fraction of sp³-hybridized carbons (Fsp3) is 0.429. The van der Waals surface area contributed by atoms with E-state index in [2.05, 4.69) is 28.3 Å². The maximum absolute atomic E-state index is 5.54. The lowest BCUT2D eigenvalue weighted by Crippen LogP contribution is -2.19. The molecule has 0 bridgehead atoms. The minimum atomic E-state index is 0.241. The van der Waals surface area contributed by atoms with Gasteiger partial charge in [-0.15, -0.1) is 0 Å². The van der Waals surface area contributed by atoms with Crippen molar-refractivity contribution in [3.05, 3.63) is 46.9 Å². The molecule has 4 heteroatoms. The van der Waals surface area contributed by atoms with Gasteiger partial charge in [-0.05, 0) is 33.8 Å². The van der Waals surface area contributed by atoms with Crippen LogP contribution < -0.4 is 5.32 Å². The van der Waals surface area contributed by atoms with Gasteiger partial charge in [0.05, 0.1) is 11.4 Å². The predicted octanol–water partition coefficient (Wildman–Crippen LogP) is 2.85. The van der Waals surface area contributed by atoms with Crippen molar-refractivity contribution in [1.82, 2.24) is 15.3 Å². The Morgan fingerprint density at radius 1 is 1.22 bits per heavy atom. The summed E-state index contributed by atoms with van der Waals surface area (Å²) in [5.41, 5.74) is 3.09. The molecule has 2 aromatic heterocycles. The lowest BCUT2D eigenvalue weighted by Gasteiger charge is -2.12. The number of aromatic nitrogens is 2. The monoisotopic (exact) mass is 245 g/mol. The Bertz CT molecular complexity index is 516. The van der Waals surface area contributed by atoms with Gasteiger partial charge in [-0.3, -0.25) is 9.97 Å². The SMILES string of the molecule is Cc1cnc(CNC(C)c2cc(C)oc2C)cn1. The lowest BCUT2D eigenvalue weighted by molar-refractivity contribution is 0.489. The molecule has 0 spiro atoms. The number of nitrogens with zero attached hydrogens (tertiary/aromatic N) is 2. The van der Waals surface area contributed by atoms with Gasteiger partial charge in [-0.25, -0.2) is 0 Å². The third kappa shape index (κ3) is 2.96. The van der Waals surface area contributed by atoms with E-state index >= 15 is 0 Å². The van der Waals surface area contributed by atoms with Crippen LogP contribution in [0.15, 0.2) is 22.9 Å². The summed E-state index contributed by atoms with van der Waals surface area (Å²) in [6.45, 7) is 8.72. The van der Waals surface area contributed by atoms with Crippen LogP contribution in [0.1, 0.15) is 41.4 Å². The average Bonchev–Trinajstić information content (AvgIpc) is 2.67. The summed E-state index contributed by atoms with van der Waals surface area (Å²) < 4.78 is 5.54. The van der Waals surface area contributed by atoms with Crippen LogP contribution in [0.25, 0.3) is 0 Å². The van der Waals surface area contributed by atoms with E-state index in [0.29, 0.717) is 6.54 Å². The van der Waals surface area contributed by atoms with Crippen LogP contribution in [-0.4, -0.2) is 9.97 Å². The zero-order valence-corrected chi connectivity index (χ0v) is 11.3. The second kappa shape index (κ2) is 5.31. The van der Waals surface area contributed by atoms with Crippen molar-refractivity contribution >= 4 is 0 Å². The minimum Gasteiger partial charge on any atom is -0.466 e. The molecule has 0 fully saturated rings. The molecule has 0 saturated heterocycles. The number of rotatable bonds is 4. The molecule has 1 atom stereocenters. The highest BCUT2D eigenvalue weighted by Gasteiger charge is 2.12. The molecule has 4 nitrogen and oxygen atoms in total. The van der Waals surface area contributed by atoms with E-state index in [0.717, 1.165) is 22.9 Å². The largest absolute Gasteiger partial charge is 0.466 e. The summed E-state index contributed by atoms with van der Waals surface area (Å²) in [5.74, 6) is 1.92. The van der Waals surface area contributed by atoms with Gasteiger partial charge in [0.25, 0.3) is 0 Å². The highest BCUT2D eigenvalue weighted by atomic mass is 16.3. The van der Waals surface area contributed by atoms with E-state index in [-0.39, 0.29) is 6.04 Å². The molecular weight excluding hydrogens is 226 g/mol. The first-order valence-corrected chi connectivity index (χ1v) is 6.14. The van der Waals surface area contributed by atoms with E-state index in [4.69, 9.17) is 4.42 Å². The van der Waals surface area contributed by atoms with Crippen LogP contribution in [0.5, 0.6) is 0 Å². The Labute approximate surface area is 107 Å². The van der Waals surface area contributed by atoms with Gasteiger partial charge in [0.1, 0.15) is 11.5 Å². The molecule has 1 unspecified atom stereocenters. The first kappa shape index (κ1) is 12.8. The molecule has 18 heavy (non-hydrogen) atoms. The summed E-state index contributed by atoms with van der Waals surface area (Å²) in [4.78, 5) is 8.55. The van der Waals surface area contributed by atoms with Gasteiger partial charge in [-0.2, -0.15) is 0 Å². The molecule has 1 N–H and O–H groups in total. The Kier molecular flexibility index (Phi) is 3.77. The average molecular weight is 245 g/mol. The molecule has 0 aromatic carbocycles. The molecule has 0 aliphatic heterocycles. The fourth-order valence-electron chi connectivity index (χ4n) is 1.96. The molecule has 0 saturated carbocycles. The second-order valence-electron chi connectivity index (χ2n) is 4.62. The van der Waals surface area contributed by atoms with Crippen LogP contribution in [0.4, 0.5) is 0 Å². The second-order valence-corrected chi connectivity index (χ2v) is 4.62. The van der Waals surface area contributed by atoms with Gasteiger partial charge < -0.3 is 9.73 Å². The molecule has 2 heterocycles. The van der Waals surface area contributed by atoms with E-state index in [1.807, 2.05) is 27.0 Å². The maximum atomic E-state index is 5.54. The molecule has 0 radical (unpaired) electrons. The van der Waals surface area contributed by atoms with Gasteiger partial charge >= 0.3 is 0 Å². The van der Waals surface area contributed by atoms with Crippen molar-refractivity contribution in [2.45, 2.75) is 40.3 Å². The highest BCUT2D eigenvalue weighted by molar-refractivity contribution is 5.23. The van der Waals surface area contributed by atoms with Crippen molar-refractivity contribution in [2.75, 3.05) is 0 Å². The fourth-order valence-corrected chi connectivity index (χ4v) is 1.96. The smallest absolute Gasteiger partial charge is 0.105 e. The molecule has 0 aliphatic rings. The number of hydrogen-bond acceptors (Lipinski definition) is 4. The zero-order valence-electron chi connectivity index (χ0n) is 11.3. The molecular formula is C14H19N3O. The van der Waals surface area contributed by atoms with Crippen molar-refractivity contribution in [3.8, 4) is 0 Å². The summed E-state index contributed by atoms with van der Waals surface area (Å²) in [6.07, 6.45) is 3.59. The molecule has 0 amide bonds. The summed E-state index contributed by atoms with van der Waals surface area (Å²) in [6, 6.07) is 2.32. The van der Waals surface area contributed by atoms with Crippen molar-refractivity contribution in [3.63, 3.8) is 0 Å². The van der Waals surface area contributed by atoms with E-state index in [9.17, 15) is 0 Å². The predicted molar refractivity (Wildman–Crippen MR) is 70.2 cm³/mol. The van der Waals surface area contributed by atoms with Gasteiger partial charge in [0, 0.05) is 30.5 Å². The lowest BCUT2D eigenvalue weighted by atomic mass is 10.1. The summed E-state index contributed by atoms with van der Waals surface area (Å²) in [5, 5.41) is 3.43. The van der Waals surface area contributed by atoms with Gasteiger partial charge in [0.2, 0.25) is 0 Å². The molecule has 0 aliphatic carbocycles. The first-order chi connectivity index (χ1) is 8.56. The number of furan rings is 1. The van der Waals surface area contributed by atoms with E-state index in [1.54, 1.807) is 6.20 Å². The summed E-state index contributed by atoms with van der Waals surface area (Å²) in [7, 11) is 0. The first-order valence-electron chi connectivity index (χ1n) is 6.14. The maximum Gasteiger partial charge on any atom is 0.105 e. The quantitative estimate of drug-likeness (QED) is 0.900. The van der Waals surface area contributed by atoms with Crippen LogP contribution in [0.3, 0.4) is 0 Å². The standard InChI is InChI=1S/C14H19N3O/c1-9-6-17-13(7-15-9)8-16-11(3)14-5-10(2)18-12(14)4/h5-7,11,16H,8H2,1-4H3. The van der Waals surface area contributed by atoms with E-state index in [1.165, 1.54) is 5.56 Å². The van der Waals surface area contributed by atoms with Crippen molar-refractivity contribution in [1.29, 1.82) is 0 Å². The van der Waals surface area contributed by atoms with Crippen molar-refractivity contribution in [2.24, 2.45) is 0 Å². The highest BCUT2D eigenvalue weighted by Crippen LogP contribution is 2.21. The van der Waals surface area contributed by atoms with Crippen LogP contribution in [0.2, 0.25) is 0 Å². The zero-order chi connectivity index (χ0) is 13.1. The topological polar surface area (TPSA) is 51.0 Å². The van der Waals surface area contributed by atoms with Gasteiger partial charge in [0.15, 0.2) is 0 Å². The number of aryl methyl sites for hydroxylation is 3. The number of hydrogen-bond donors (Lipinski definition) is 1. The molecule has 2 rings (SSSR count). The molecule has 96 valence electrons. The minimum absolute atomic E-state index is 0.241. The van der Waals surface area contributed by atoms with Crippen molar-refractivity contribution < 1.29 is 4.42 Å². The Hall–Kier alpha value is -1.68. The van der Waals surface area contributed by atoms with Crippen LogP contribution in [-0.2, 0) is 6.54 Å². The van der Waals surface area contributed by atoms with E-state index < -0.39 is 0 Å². The third-order valence-electron chi connectivity index (χ3n) is 2.97. The van der Waals surface area contributed by atoms with Crippen LogP contribution >= 0.6 is 0 Å². The Morgan fingerprint density at radius 2 is 2.00 bits per heavy atom. The Morgan fingerprint density at radius 3 is 2.56 bits per heavy atom. The Balaban J connectivity index is 1.98. The van der Waals surface area contributed by atoms with Crippen LogP contribution in [0, 0.1) is 20.8 Å². The normalized spacial score (nSPS) is 12.7. The number of nitrogens with one attached hydrogen (secondary N) is 1. The summed E-state index contributed by atoms with van der Waals surface area (Å²) >= 11 is 0. The molecule has 2 aromatic rings. The van der Waals surface area contributed by atoms with Gasteiger partial charge in [-0.1, -0.05) is 0 Å².